The van der Waals surface area contributed by atoms with E-state index < -0.39 is 0 Å². The highest BCUT2D eigenvalue weighted by Gasteiger charge is 2.09. The van der Waals surface area contributed by atoms with Crippen molar-refractivity contribution in [3.05, 3.63) is 0 Å². The van der Waals surface area contributed by atoms with Gasteiger partial charge < -0.3 is 16.4 Å². The molecule has 0 amide bonds. The maximum Gasteiger partial charge on any atom is 0.0105 e. The minimum atomic E-state index is 0.736. The van der Waals surface area contributed by atoms with E-state index in [-0.39, 0.29) is 0 Å². The summed E-state index contributed by atoms with van der Waals surface area (Å²) in [5.74, 6) is 0.804. The van der Waals surface area contributed by atoms with Crippen LogP contribution >= 0.6 is 0 Å². The normalized spacial score (nSPS) is 11.5. The SMILES string of the molecule is CCC(CC)CN(CCN)CCN. The second-order valence-corrected chi connectivity index (χ2v) is 3.56. The lowest BCUT2D eigenvalue weighted by Gasteiger charge is -2.25. The van der Waals surface area contributed by atoms with E-state index in [2.05, 4.69) is 18.7 Å². The second-order valence-electron chi connectivity index (χ2n) is 3.56. The van der Waals surface area contributed by atoms with Gasteiger partial charge in [-0.2, -0.15) is 0 Å². The molecule has 0 aliphatic carbocycles. The van der Waals surface area contributed by atoms with Gasteiger partial charge in [-0.1, -0.05) is 26.7 Å². The minimum absolute atomic E-state index is 0.736. The lowest BCUT2D eigenvalue weighted by molar-refractivity contribution is 0.234. The third kappa shape index (κ3) is 6.02. The lowest BCUT2D eigenvalue weighted by Crippen LogP contribution is -2.37. The highest BCUT2D eigenvalue weighted by Crippen LogP contribution is 2.08. The fraction of sp³-hybridized carbons (Fsp3) is 1.00. The monoisotopic (exact) mass is 187 g/mol. The van der Waals surface area contributed by atoms with Gasteiger partial charge in [-0.05, 0) is 5.92 Å². The smallest absolute Gasteiger partial charge is 0.0105 e. The molecule has 13 heavy (non-hydrogen) atoms. The van der Waals surface area contributed by atoms with Crippen molar-refractivity contribution in [2.45, 2.75) is 26.7 Å². The molecule has 0 aliphatic heterocycles. The molecule has 80 valence electrons. The largest absolute Gasteiger partial charge is 0.329 e. The maximum absolute atomic E-state index is 5.54. The molecule has 0 aliphatic rings. The molecule has 0 aromatic carbocycles. The molecule has 0 atom stereocenters. The summed E-state index contributed by atoms with van der Waals surface area (Å²) in [6, 6.07) is 0. The summed E-state index contributed by atoms with van der Waals surface area (Å²) in [4.78, 5) is 2.37. The van der Waals surface area contributed by atoms with Gasteiger partial charge in [0.25, 0.3) is 0 Å². The summed E-state index contributed by atoms with van der Waals surface area (Å²) in [7, 11) is 0. The average molecular weight is 187 g/mol. The minimum Gasteiger partial charge on any atom is -0.329 e. The molecule has 0 fully saturated rings. The molecule has 0 bridgehead atoms. The Labute approximate surface area is 82.5 Å². The Morgan fingerprint density at radius 2 is 1.46 bits per heavy atom. The molecule has 0 unspecified atom stereocenters. The molecule has 0 aromatic heterocycles. The highest BCUT2D eigenvalue weighted by molar-refractivity contribution is 4.64. The van der Waals surface area contributed by atoms with Gasteiger partial charge in [0, 0.05) is 32.7 Å². The maximum atomic E-state index is 5.54. The van der Waals surface area contributed by atoms with Crippen LogP contribution in [0.5, 0.6) is 0 Å². The van der Waals surface area contributed by atoms with Crippen LogP contribution < -0.4 is 11.5 Å². The number of hydrogen-bond donors (Lipinski definition) is 2. The summed E-state index contributed by atoms with van der Waals surface area (Å²) in [6.07, 6.45) is 2.50. The Morgan fingerprint density at radius 3 is 1.77 bits per heavy atom. The summed E-state index contributed by atoms with van der Waals surface area (Å²) in [5, 5.41) is 0. The topological polar surface area (TPSA) is 55.3 Å². The molecule has 3 nitrogen and oxygen atoms in total. The standard InChI is InChI=1S/C10H25N3/c1-3-10(4-2)9-13(7-5-11)8-6-12/h10H,3-9,11-12H2,1-2H3. The third-order valence-corrected chi connectivity index (χ3v) is 2.56. The Bertz CT molecular complexity index is 96.3. The van der Waals surface area contributed by atoms with Crippen molar-refractivity contribution in [1.29, 1.82) is 0 Å². The van der Waals surface area contributed by atoms with Crippen LogP contribution in [-0.2, 0) is 0 Å². The average Bonchev–Trinajstić information content (AvgIpc) is 2.14. The van der Waals surface area contributed by atoms with Gasteiger partial charge in [-0.25, -0.2) is 0 Å². The molecule has 0 rings (SSSR count). The van der Waals surface area contributed by atoms with Crippen LogP contribution in [0.15, 0.2) is 0 Å². The first-order valence-electron chi connectivity index (χ1n) is 5.40. The van der Waals surface area contributed by atoms with Crippen LogP contribution in [0, 0.1) is 5.92 Å². The fourth-order valence-electron chi connectivity index (χ4n) is 1.57. The van der Waals surface area contributed by atoms with E-state index >= 15 is 0 Å². The van der Waals surface area contributed by atoms with Crippen LogP contribution in [0.4, 0.5) is 0 Å². The predicted molar refractivity (Wildman–Crippen MR) is 58.6 cm³/mol. The van der Waals surface area contributed by atoms with Crippen molar-refractivity contribution < 1.29 is 0 Å². The lowest BCUT2D eigenvalue weighted by atomic mass is 10.0. The zero-order chi connectivity index (χ0) is 10.1. The van der Waals surface area contributed by atoms with Crippen molar-refractivity contribution >= 4 is 0 Å². The predicted octanol–water partition coefficient (Wildman–Crippen LogP) is 0.642. The summed E-state index contributed by atoms with van der Waals surface area (Å²) >= 11 is 0. The third-order valence-electron chi connectivity index (χ3n) is 2.56. The Kier molecular flexibility index (Phi) is 8.40. The Balaban J connectivity index is 3.76. The van der Waals surface area contributed by atoms with E-state index in [9.17, 15) is 0 Å². The molecular weight excluding hydrogens is 162 g/mol. The van der Waals surface area contributed by atoms with Crippen molar-refractivity contribution in [3.63, 3.8) is 0 Å². The van der Waals surface area contributed by atoms with Crippen molar-refractivity contribution in [1.82, 2.24) is 4.90 Å². The van der Waals surface area contributed by atoms with E-state index in [0.717, 1.165) is 38.6 Å². The molecular formula is C10H25N3. The quantitative estimate of drug-likeness (QED) is 0.586. The zero-order valence-corrected chi connectivity index (χ0v) is 9.13. The van der Waals surface area contributed by atoms with Gasteiger partial charge in [-0.15, -0.1) is 0 Å². The number of hydrogen-bond acceptors (Lipinski definition) is 3. The first-order valence-corrected chi connectivity index (χ1v) is 5.40. The molecule has 0 aromatic rings. The van der Waals surface area contributed by atoms with Gasteiger partial charge in [0.1, 0.15) is 0 Å². The number of nitrogens with zero attached hydrogens (tertiary/aromatic N) is 1. The molecule has 0 saturated heterocycles. The Hall–Kier alpha value is -0.120. The summed E-state index contributed by atoms with van der Waals surface area (Å²) in [6.45, 7) is 9.08. The van der Waals surface area contributed by atoms with Crippen LogP contribution in [-0.4, -0.2) is 37.6 Å². The number of rotatable bonds is 8. The molecule has 0 heterocycles. The first kappa shape index (κ1) is 12.9. The first-order chi connectivity index (χ1) is 6.28. The molecule has 0 saturated carbocycles. The number of nitrogens with two attached hydrogens (primary N) is 2. The Morgan fingerprint density at radius 1 is 1.00 bits per heavy atom. The molecule has 0 radical (unpaired) electrons. The molecule has 0 spiro atoms. The molecule has 3 heteroatoms. The van der Waals surface area contributed by atoms with Gasteiger partial charge in [-0.3, -0.25) is 0 Å². The van der Waals surface area contributed by atoms with E-state index in [4.69, 9.17) is 11.5 Å². The van der Waals surface area contributed by atoms with Crippen LogP contribution in [0.2, 0.25) is 0 Å². The van der Waals surface area contributed by atoms with Crippen molar-refractivity contribution in [3.8, 4) is 0 Å². The van der Waals surface area contributed by atoms with E-state index in [1.807, 2.05) is 0 Å². The van der Waals surface area contributed by atoms with Gasteiger partial charge in [0.15, 0.2) is 0 Å². The van der Waals surface area contributed by atoms with Gasteiger partial charge in [0.05, 0.1) is 0 Å². The van der Waals surface area contributed by atoms with E-state index in [1.54, 1.807) is 0 Å². The van der Waals surface area contributed by atoms with Gasteiger partial charge in [0.2, 0.25) is 0 Å². The second kappa shape index (κ2) is 8.48. The zero-order valence-electron chi connectivity index (χ0n) is 9.13. The van der Waals surface area contributed by atoms with E-state index in [1.165, 1.54) is 12.8 Å². The van der Waals surface area contributed by atoms with Crippen molar-refractivity contribution in [2.75, 3.05) is 32.7 Å². The van der Waals surface area contributed by atoms with Crippen LogP contribution in [0.3, 0.4) is 0 Å². The summed E-state index contributed by atoms with van der Waals surface area (Å²) in [5.41, 5.74) is 11.1. The molecule has 4 N–H and O–H groups in total. The summed E-state index contributed by atoms with van der Waals surface area (Å²) < 4.78 is 0. The van der Waals surface area contributed by atoms with E-state index in [0.29, 0.717) is 0 Å². The van der Waals surface area contributed by atoms with Gasteiger partial charge >= 0.3 is 0 Å². The van der Waals surface area contributed by atoms with Crippen LogP contribution in [0.1, 0.15) is 26.7 Å². The van der Waals surface area contributed by atoms with Crippen molar-refractivity contribution in [2.24, 2.45) is 17.4 Å². The highest BCUT2D eigenvalue weighted by atomic mass is 15.1. The van der Waals surface area contributed by atoms with Crippen LogP contribution in [0.25, 0.3) is 0 Å². The fourth-order valence-corrected chi connectivity index (χ4v) is 1.57.